The minimum atomic E-state index is 0.984. The number of thiazole rings is 1. The smallest absolute Gasteiger partial charge is 0.101 e. The first-order valence-corrected chi connectivity index (χ1v) is 18.3. The predicted molar refractivity (Wildman–Crippen MR) is 220 cm³/mol. The molecule has 4 heterocycles. The van der Waals surface area contributed by atoms with Gasteiger partial charge in [-0.15, -0.1) is 22.7 Å². The van der Waals surface area contributed by atoms with Crippen molar-refractivity contribution in [2.24, 2.45) is 0 Å². The van der Waals surface area contributed by atoms with Crippen molar-refractivity contribution >= 4 is 22.7 Å². The highest BCUT2D eigenvalue weighted by Gasteiger charge is 1.87. The van der Waals surface area contributed by atoms with Crippen LogP contribution in [-0.2, 0) is 0 Å². The molecule has 6 rings (SSSR count). The van der Waals surface area contributed by atoms with Crippen LogP contribution in [0.2, 0.25) is 0 Å². The van der Waals surface area contributed by atoms with Crippen LogP contribution in [0.4, 0.5) is 0 Å². The number of aromatic nitrogens is 2. The van der Waals surface area contributed by atoms with E-state index in [1.54, 1.807) is 11.3 Å². The van der Waals surface area contributed by atoms with Crippen LogP contribution in [-0.4, -0.2) is 9.97 Å². The molecule has 0 fully saturated rings. The number of hydrogen-bond donors (Lipinski definition) is 0. The molecule has 0 N–H and O–H groups in total. The first-order valence-electron chi connectivity index (χ1n) is 16.6. The molecular formula is C44H60N2OS2. The highest BCUT2D eigenvalue weighted by molar-refractivity contribution is 7.11. The molecule has 0 bridgehead atoms. The average molecular weight is 697 g/mol. The van der Waals surface area contributed by atoms with Gasteiger partial charge in [0.2, 0.25) is 0 Å². The number of rotatable bonds is 0. The van der Waals surface area contributed by atoms with Crippen molar-refractivity contribution < 1.29 is 4.42 Å². The number of furan rings is 1. The Hall–Kier alpha value is -4.06. The van der Waals surface area contributed by atoms with E-state index in [1.807, 2.05) is 103 Å². The molecule has 3 nitrogen and oxygen atoms in total. The van der Waals surface area contributed by atoms with Gasteiger partial charge >= 0.3 is 0 Å². The molecule has 5 heteroatoms. The number of allylic oxidation sites excluding steroid dienone is 2. The Morgan fingerprint density at radius 3 is 1.12 bits per heavy atom. The topological polar surface area (TPSA) is 38.9 Å². The second kappa shape index (κ2) is 26.8. The molecule has 264 valence electrons. The second-order valence-corrected chi connectivity index (χ2v) is 14.7. The Balaban J connectivity index is 0.000000553. The summed E-state index contributed by atoms with van der Waals surface area (Å²) in [5, 5.41) is 1.15. The lowest BCUT2D eigenvalue weighted by Crippen LogP contribution is -1.78. The fourth-order valence-corrected chi connectivity index (χ4v) is 5.02. The predicted octanol–water partition coefficient (Wildman–Crippen LogP) is 13.9. The lowest BCUT2D eigenvalue weighted by atomic mass is 10.2. The van der Waals surface area contributed by atoms with Gasteiger partial charge in [0.05, 0.1) is 5.01 Å². The summed E-state index contributed by atoms with van der Waals surface area (Å²) in [5.41, 5.74) is 7.63. The van der Waals surface area contributed by atoms with E-state index in [-0.39, 0.29) is 0 Å². The Morgan fingerprint density at radius 2 is 0.918 bits per heavy atom. The van der Waals surface area contributed by atoms with E-state index in [0.29, 0.717) is 0 Å². The quantitative estimate of drug-likeness (QED) is 0.148. The first kappa shape index (κ1) is 44.9. The van der Waals surface area contributed by atoms with E-state index >= 15 is 0 Å². The van der Waals surface area contributed by atoms with Crippen LogP contribution in [0, 0.1) is 83.1 Å². The van der Waals surface area contributed by atoms with Crippen LogP contribution in [0.5, 0.6) is 0 Å². The van der Waals surface area contributed by atoms with Gasteiger partial charge in [-0.1, -0.05) is 89.0 Å². The fourth-order valence-electron chi connectivity index (χ4n) is 3.57. The molecule has 4 aromatic heterocycles. The Labute approximate surface area is 306 Å². The highest BCUT2D eigenvalue weighted by atomic mass is 32.1. The summed E-state index contributed by atoms with van der Waals surface area (Å²) in [7, 11) is 0. The van der Waals surface area contributed by atoms with Gasteiger partial charge in [-0.3, -0.25) is 4.98 Å². The Morgan fingerprint density at radius 1 is 0.449 bits per heavy atom. The van der Waals surface area contributed by atoms with E-state index < -0.39 is 0 Å². The number of benzene rings is 2. The van der Waals surface area contributed by atoms with Gasteiger partial charge in [0.15, 0.2) is 0 Å². The molecule has 0 unspecified atom stereocenters. The third kappa shape index (κ3) is 26.6. The summed E-state index contributed by atoms with van der Waals surface area (Å²) in [6, 6.07) is 29.2. The molecule has 0 aliphatic carbocycles. The summed E-state index contributed by atoms with van der Waals surface area (Å²) >= 11 is 3.57. The third-order valence-electron chi connectivity index (χ3n) is 6.27. The zero-order valence-corrected chi connectivity index (χ0v) is 34.1. The van der Waals surface area contributed by atoms with Crippen molar-refractivity contribution in [3.63, 3.8) is 0 Å². The highest BCUT2D eigenvalue weighted by Crippen LogP contribution is 2.12. The van der Waals surface area contributed by atoms with Crippen LogP contribution < -0.4 is 0 Å². The number of thiophene rings is 1. The van der Waals surface area contributed by atoms with Crippen LogP contribution in [0.3, 0.4) is 0 Å². The standard InChI is InChI=1S/2C8H10.C7H9N.C6H8O.C6H8S.C5H7NS.C4H8/c1-7-3-5-8(2)6-4-7;1-7-4-3-5-8(2)6-7;1-6-3-4-7(2)8-5-6;2*1-5-3-4-6(2)7-5;1-4-3-6-5(2)7-4;1-3-4-2/h2*3-6H,1-2H3;3-5H,1-2H3;2*3-4H,1-2H3;3H,1-2H3;3-4H,1-2H3/b;;;;;;4-3+. The van der Waals surface area contributed by atoms with Gasteiger partial charge in [-0.05, 0) is 133 Å². The van der Waals surface area contributed by atoms with Gasteiger partial charge in [0, 0.05) is 32.7 Å². The first-order chi connectivity index (χ1) is 23.1. The molecule has 0 atom stereocenters. The Bertz CT molecular complexity index is 1440. The zero-order chi connectivity index (χ0) is 37.2. The van der Waals surface area contributed by atoms with Gasteiger partial charge in [-0.25, -0.2) is 4.98 Å². The van der Waals surface area contributed by atoms with E-state index in [1.165, 1.54) is 42.4 Å². The normalized spacial score (nSPS) is 9.35. The Kier molecular flexibility index (Phi) is 24.6. The van der Waals surface area contributed by atoms with E-state index in [0.717, 1.165) is 22.2 Å². The van der Waals surface area contributed by atoms with Crippen LogP contribution in [0.25, 0.3) is 0 Å². The number of pyridine rings is 1. The maximum absolute atomic E-state index is 5.08. The van der Waals surface area contributed by atoms with Crippen molar-refractivity contribution in [2.75, 3.05) is 0 Å². The molecule has 0 amide bonds. The summed E-state index contributed by atoms with van der Waals surface area (Å²) in [4.78, 5) is 12.2. The van der Waals surface area contributed by atoms with Crippen molar-refractivity contribution in [1.29, 1.82) is 0 Å². The summed E-state index contributed by atoms with van der Waals surface area (Å²) in [6.07, 6.45) is 7.76. The van der Waals surface area contributed by atoms with Gasteiger partial charge in [-0.2, -0.15) is 0 Å². The van der Waals surface area contributed by atoms with Crippen LogP contribution in [0.15, 0.2) is 114 Å². The second-order valence-electron chi connectivity index (χ2n) is 11.8. The molecular weight excluding hydrogens is 637 g/mol. The number of nitrogens with zero attached hydrogens (tertiary/aromatic N) is 2. The average Bonchev–Trinajstić information content (AvgIpc) is 3.76. The minimum absolute atomic E-state index is 0.984. The van der Waals surface area contributed by atoms with Crippen LogP contribution >= 0.6 is 22.7 Å². The summed E-state index contributed by atoms with van der Waals surface area (Å²) < 4.78 is 5.08. The van der Waals surface area contributed by atoms with E-state index in [9.17, 15) is 0 Å². The van der Waals surface area contributed by atoms with E-state index in [2.05, 4.69) is 125 Å². The van der Waals surface area contributed by atoms with Gasteiger partial charge < -0.3 is 4.42 Å². The van der Waals surface area contributed by atoms with Gasteiger partial charge in [0.1, 0.15) is 11.5 Å². The lowest BCUT2D eigenvalue weighted by Gasteiger charge is -1.90. The van der Waals surface area contributed by atoms with Crippen molar-refractivity contribution in [2.45, 2.75) is 96.9 Å². The van der Waals surface area contributed by atoms with Crippen molar-refractivity contribution in [1.82, 2.24) is 9.97 Å². The molecule has 0 spiro atoms. The fraction of sp³-hybridized carbons (Fsp3) is 0.318. The molecule has 0 saturated heterocycles. The minimum Gasteiger partial charge on any atom is -0.467 e. The zero-order valence-electron chi connectivity index (χ0n) is 32.5. The summed E-state index contributed by atoms with van der Waals surface area (Å²) in [6.45, 7) is 28.6. The SMILES string of the molecule is C/C=C/C.Cc1ccc(C)cc1.Cc1ccc(C)nc1.Cc1ccc(C)o1.Cc1ccc(C)s1.Cc1cccc(C)c1.Cc1cnc(C)s1. The monoisotopic (exact) mass is 696 g/mol. The third-order valence-corrected chi connectivity index (χ3v) is 8.02. The van der Waals surface area contributed by atoms with Crippen LogP contribution in [0.1, 0.15) is 78.5 Å². The molecule has 0 saturated carbocycles. The summed E-state index contributed by atoms with van der Waals surface area (Å²) in [5.74, 6) is 1.97. The molecule has 0 radical (unpaired) electrons. The molecule has 2 aromatic carbocycles. The maximum Gasteiger partial charge on any atom is 0.101 e. The number of hydrogen-bond acceptors (Lipinski definition) is 5. The van der Waals surface area contributed by atoms with Crippen molar-refractivity contribution in [3.05, 3.63) is 174 Å². The molecule has 49 heavy (non-hydrogen) atoms. The largest absolute Gasteiger partial charge is 0.467 e. The molecule has 6 aromatic rings. The molecule has 0 aliphatic heterocycles. The van der Waals surface area contributed by atoms with Crippen molar-refractivity contribution in [3.8, 4) is 0 Å². The molecule has 0 aliphatic rings. The lowest BCUT2D eigenvalue weighted by molar-refractivity contribution is 0.504. The number of aryl methyl sites for hydroxylation is 12. The maximum atomic E-state index is 5.08. The van der Waals surface area contributed by atoms with Gasteiger partial charge in [0.25, 0.3) is 0 Å². The van der Waals surface area contributed by atoms with E-state index in [4.69, 9.17) is 4.42 Å².